The zero-order chi connectivity index (χ0) is 17.5. The van der Waals surface area contributed by atoms with Gasteiger partial charge in [0.2, 0.25) is 5.89 Å². The third-order valence-electron chi connectivity index (χ3n) is 3.70. The van der Waals surface area contributed by atoms with Gasteiger partial charge in [-0.1, -0.05) is 30.3 Å². The lowest BCUT2D eigenvalue weighted by atomic mass is 10.1. The van der Waals surface area contributed by atoms with Crippen molar-refractivity contribution in [3.8, 4) is 11.5 Å². The summed E-state index contributed by atoms with van der Waals surface area (Å²) in [6, 6.07) is 16.2. The number of hydrogen-bond acceptors (Lipinski definition) is 4. The van der Waals surface area contributed by atoms with Crippen LogP contribution in [0.5, 0.6) is 0 Å². The molecule has 6 nitrogen and oxygen atoms in total. The van der Waals surface area contributed by atoms with Crippen LogP contribution in [0.4, 0.5) is 10.5 Å². The summed E-state index contributed by atoms with van der Waals surface area (Å²) in [6.45, 7) is -0.134. The lowest BCUT2D eigenvalue weighted by Gasteiger charge is -2.17. The predicted octanol–water partition coefficient (Wildman–Crippen LogP) is 3.07. The smallest absolute Gasteiger partial charge is 0.319 e. The second-order valence-electron chi connectivity index (χ2n) is 5.58. The molecule has 0 aliphatic rings. The van der Waals surface area contributed by atoms with E-state index in [4.69, 9.17) is 4.42 Å². The molecule has 0 aliphatic heterocycles. The van der Waals surface area contributed by atoms with Crippen LogP contribution in [0, 0.1) is 0 Å². The Bertz CT molecular complexity index is 787. The van der Waals surface area contributed by atoms with Gasteiger partial charge in [0.05, 0.1) is 18.8 Å². The van der Waals surface area contributed by atoms with E-state index in [1.807, 2.05) is 42.5 Å². The number of urea groups is 1. The van der Waals surface area contributed by atoms with E-state index < -0.39 is 0 Å². The molecule has 0 unspecified atom stereocenters. The number of hydrogen-bond donors (Lipinski definition) is 3. The average molecular weight is 337 g/mol. The van der Waals surface area contributed by atoms with E-state index in [0.29, 0.717) is 18.0 Å². The number of aliphatic hydroxyl groups is 1. The van der Waals surface area contributed by atoms with Crippen molar-refractivity contribution in [3.05, 3.63) is 72.6 Å². The first-order valence-corrected chi connectivity index (χ1v) is 7.97. The van der Waals surface area contributed by atoms with Crippen molar-refractivity contribution in [3.63, 3.8) is 0 Å². The Hall–Kier alpha value is -3.12. The number of nitrogens with zero attached hydrogens (tertiary/aromatic N) is 1. The number of oxazole rings is 1. The van der Waals surface area contributed by atoms with Crippen LogP contribution >= 0.6 is 0 Å². The summed E-state index contributed by atoms with van der Waals surface area (Å²) in [6.07, 6.45) is 3.65. The molecule has 2 amide bonds. The van der Waals surface area contributed by atoms with Crippen LogP contribution in [0.2, 0.25) is 0 Å². The Labute approximate surface area is 145 Å². The molecule has 1 atom stereocenters. The molecule has 6 heteroatoms. The van der Waals surface area contributed by atoms with E-state index in [1.165, 1.54) is 6.26 Å². The standard InChI is InChI=1S/C19H19N3O3/c23-13-17(12-14-4-2-1-3-5-14)22-19(24)21-16-8-6-15(7-9-16)18-20-10-11-25-18/h1-11,17,23H,12-13H2,(H2,21,22,24)/t17-/m0/s1. The van der Waals surface area contributed by atoms with Gasteiger partial charge < -0.3 is 20.2 Å². The number of carbonyl (C=O) groups is 1. The van der Waals surface area contributed by atoms with E-state index in [0.717, 1.165) is 11.1 Å². The molecule has 3 aromatic rings. The van der Waals surface area contributed by atoms with Gasteiger partial charge in [0, 0.05) is 11.3 Å². The maximum absolute atomic E-state index is 12.1. The van der Waals surface area contributed by atoms with Crippen molar-refractivity contribution >= 4 is 11.7 Å². The van der Waals surface area contributed by atoms with Gasteiger partial charge in [-0.2, -0.15) is 0 Å². The topological polar surface area (TPSA) is 87.4 Å². The SMILES string of the molecule is O=C(Nc1ccc(-c2ncco2)cc1)N[C@H](CO)Cc1ccccc1. The quantitative estimate of drug-likeness (QED) is 0.645. The third-order valence-corrected chi connectivity index (χ3v) is 3.70. The highest BCUT2D eigenvalue weighted by molar-refractivity contribution is 5.89. The highest BCUT2D eigenvalue weighted by Crippen LogP contribution is 2.19. The van der Waals surface area contributed by atoms with Gasteiger partial charge in [-0.15, -0.1) is 0 Å². The highest BCUT2D eigenvalue weighted by Gasteiger charge is 2.12. The van der Waals surface area contributed by atoms with Crippen molar-refractivity contribution in [2.24, 2.45) is 0 Å². The van der Waals surface area contributed by atoms with Gasteiger partial charge in [0.15, 0.2) is 0 Å². The minimum absolute atomic E-state index is 0.134. The molecule has 0 bridgehead atoms. The molecule has 2 aromatic carbocycles. The second kappa shape index (κ2) is 8.12. The first kappa shape index (κ1) is 16.7. The first-order chi connectivity index (χ1) is 12.2. The van der Waals surface area contributed by atoms with Gasteiger partial charge >= 0.3 is 6.03 Å². The Morgan fingerprint density at radius 1 is 1.12 bits per heavy atom. The largest absolute Gasteiger partial charge is 0.445 e. The number of carbonyl (C=O) groups excluding carboxylic acids is 1. The van der Waals surface area contributed by atoms with Crippen LogP contribution in [0.15, 0.2) is 71.5 Å². The van der Waals surface area contributed by atoms with Crippen LogP contribution in [0.1, 0.15) is 5.56 Å². The number of rotatable bonds is 6. The molecule has 3 N–H and O–H groups in total. The van der Waals surface area contributed by atoms with E-state index >= 15 is 0 Å². The minimum atomic E-state index is -0.362. The highest BCUT2D eigenvalue weighted by atomic mass is 16.3. The van der Waals surface area contributed by atoms with Gasteiger partial charge in [-0.3, -0.25) is 0 Å². The summed E-state index contributed by atoms with van der Waals surface area (Å²) in [5.41, 5.74) is 2.52. The van der Waals surface area contributed by atoms with Crippen molar-refractivity contribution in [2.45, 2.75) is 12.5 Å². The van der Waals surface area contributed by atoms with Gasteiger partial charge in [0.1, 0.15) is 6.26 Å². The molecule has 0 spiro atoms. The van der Waals surface area contributed by atoms with Crippen molar-refractivity contribution in [1.82, 2.24) is 10.3 Å². The molecular weight excluding hydrogens is 318 g/mol. The summed E-state index contributed by atoms with van der Waals surface area (Å²) < 4.78 is 5.23. The maximum Gasteiger partial charge on any atom is 0.319 e. The van der Waals surface area contributed by atoms with E-state index in [-0.39, 0.29) is 18.7 Å². The summed E-state index contributed by atoms with van der Waals surface area (Å²) >= 11 is 0. The molecule has 0 saturated carbocycles. The van der Waals surface area contributed by atoms with E-state index in [9.17, 15) is 9.90 Å². The van der Waals surface area contributed by atoms with Crippen molar-refractivity contribution in [2.75, 3.05) is 11.9 Å². The molecule has 0 radical (unpaired) electrons. The first-order valence-electron chi connectivity index (χ1n) is 7.97. The maximum atomic E-state index is 12.1. The molecule has 25 heavy (non-hydrogen) atoms. The monoisotopic (exact) mass is 337 g/mol. The Morgan fingerprint density at radius 3 is 2.52 bits per heavy atom. The van der Waals surface area contributed by atoms with E-state index in [2.05, 4.69) is 15.6 Å². The minimum Gasteiger partial charge on any atom is -0.445 e. The average Bonchev–Trinajstić information content (AvgIpc) is 3.17. The summed E-state index contributed by atoms with van der Waals surface area (Å²) in [5, 5.41) is 15.0. The number of nitrogens with one attached hydrogen (secondary N) is 2. The number of aliphatic hydroxyl groups excluding tert-OH is 1. The lowest BCUT2D eigenvalue weighted by molar-refractivity contribution is 0.224. The molecule has 0 saturated heterocycles. The number of benzene rings is 2. The molecular formula is C19H19N3O3. The summed E-state index contributed by atoms with van der Waals surface area (Å²) in [5.74, 6) is 0.527. The Morgan fingerprint density at radius 2 is 1.88 bits per heavy atom. The lowest BCUT2D eigenvalue weighted by Crippen LogP contribution is -2.41. The normalized spacial score (nSPS) is 11.7. The Kier molecular flexibility index (Phi) is 5.43. The van der Waals surface area contributed by atoms with Crippen LogP contribution < -0.4 is 10.6 Å². The second-order valence-corrected chi connectivity index (χ2v) is 5.58. The fraction of sp³-hybridized carbons (Fsp3) is 0.158. The van der Waals surface area contributed by atoms with Crippen LogP contribution in [0.3, 0.4) is 0 Å². The van der Waals surface area contributed by atoms with Crippen molar-refractivity contribution < 1.29 is 14.3 Å². The predicted molar refractivity (Wildman–Crippen MR) is 95.1 cm³/mol. The van der Waals surface area contributed by atoms with Gasteiger partial charge in [-0.25, -0.2) is 9.78 Å². The molecule has 0 aliphatic carbocycles. The zero-order valence-corrected chi connectivity index (χ0v) is 13.6. The van der Waals surface area contributed by atoms with Gasteiger partial charge in [-0.05, 0) is 36.2 Å². The molecule has 1 aromatic heterocycles. The fourth-order valence-corrected chi connectivity index (χ4v) is 2.47. The third kappa shape index (κ3) is 4.68. The van der Waals surface area contributed by atoms with Gasteiger partial charge in [0.25, 0.3) is 0 Å². The Balaban J connectivity index is 1.56. The zero-order valence-electron chi connectivity index (χ0n) is 13.6. The molecule has 1 heterocycles. The van der Waals surface area contributed by atoms with Crippen LogP contribution in [-0.2, 0) is 6.42 Å². The summed E-state index contributed by atoms with van der Waals surface area (Å²) in [7, 11) is 0. The molecule has 0 fully saturated rings. The number of aromatic nitrogens is 1. The molecule has 128 valence electrons. The van der Waals surface area contributed by atoms with Crippen LogP contribution in [0.25, 0.3) is 11.5 Å². The fourth-order valence-electron chi connectivity index (χ4n) is 2.47. The number of anilines is 1. The number of amides is 2. The van der Waals surface area contributed by atoms with Crippen molar-refractivity contribution in [1.29, 1.82) is 0 Å². The summed E-state index contributed by atoms with van der Waals surface area (Å²) in [4.78, 5) is 16.2. The van der Waals surface area contributed by atoms with E-state index in [1.54, 1.807) is 18.3 Å². The van der Waals surface area contributed by atoms with Crippen LogP contribution in [-0.4, -0.2) is 28.8 Å². The molecule has 3 rings (SSSR count).